The van der Waals surface area contributed by atoms with Crippen molar-refractivity contribution in [3.63, 3.8) is 0 Å². The van der Waals surface area contributed by atoms with Crippen LogP contribution in [0.3, 0.4) is 0 Å². The molecule has 0 atom stereocenters. The van der Waals surface area contributed by atoms with Gasteiger partial charge in [0.05, 0.1) is 39.3 Å². The quantitative estimate of drug-likeness (QED) is 0.692. The summed E-state index contributed by atoms with van der Waals surface area (Å²) >= 11 is 0. The maximum atomic E-state index is 10.9. The van der Waals surface area contributed by atoms with E-state index in [1.54, 1.807) is 0 Å². The predicted molar refractivity (Wildman–Crippen MR) is 46.0 cm³/mol. The van der Waals surface area contributed by atoms with Crippen molar-refractivity contribution < 1.29 is 24.2 Å². The number of hydrogen-bond donors (Lipinski definition) is 1. The summed E-state index contributed by atoms with van der Waals surface area (Å²) in [5, 5.41) is 8.33. The highest BCUT2D eigenvalue weighted by Gasteiger charge is 2.31. The number of carboxylic acid groups (broad SMARTS) is 1. The van der Waals surface area contributed by atoms with E-state index in [1.165, 1.54) is 12.0 Å². The van der Waals surface area contributed by atoms with Crippen molar-refractivity contribution in [2.24, 2.45) is 0 Å². The number of rotatable bonds is 4. The second-order valence-electron chi connectivity index (χ2n) is 3.01. The number of aliphatic carboxylic acids is 1. The molecule has 6 nitrogen and oxygen atoms in total. The first-order valence-corrected chi connectivity index (χ1v) is 4.29. The lowest BCUT2D eigenvalue weighted by Gasteiger charge is -2.37. The Balaban J connectivity index is 2.04. The van der Waals surface area contributed by atoms with Gasteiger partial charge in [-0.25, -0.2) is 4.79 Å². The molecule has 0 spiro atoms. The number of ether oxygens (including phenoxy) is 2. The first kappa shape index (κ1) is 10.8. The fourth-order valence-corrected chi connectivity index (χ4v) is 1.13. The van der Waals surface area contributed by atoms with Crippen LogP contribution in [0.4, 0.5) is 4.79 Å². The smallest absolute Gasteiger partial charge is 0.409 e. The van der Waals surface area contributed by atoms with Crippen LogP contribution in [-0.4, -0.2) is 55.0 Å². The summed E-state index contributed by atoms with van der Waals surface area (Å²) in [6.07, 6.45) is -0.425. The second-order valence-corrected chi connectivity index (χ2v) is 3.01. The van der Waals surface area contributed by atoms with E-state index >= 15 is 0 Å². The Hall–Kier alpha value is -1.30. The van der Waals surface area contributed by atoms with E-state index in [2.05, 4.69) is 4.74 Å². The van der Waals surface area contributed by atoms with Gasteiger partial charge in [-0.1, -0.05) is 0 Å². The Morgan fingerprint density at radius 1 is 1.50 bits per heavy atom. The Bertz CT molecular complexity index is 224. The molecule has 1 aliphatic heterocycles. The second kappa shape index (κ2) is 4.80. The third kappa shape index (κ3) is 2.88. The SMILES string of the molecule is COC(=O)N1CC(OCCC(=O)O)C1. The topological polar surface area (TPSA) is 76.1 Å². The normalized spacial score (nSPS) is 16.2. The number of hydrogen-bond acceptors (Lipinski definition) is 4. The molecule has 0 aromatic carbocycles. The van der Waals surface area contributed by atoms with Gasteiger partial charge in [-0.3, -0.25) is 4.79 Å². The standard InChI is InChI=1S/C8H13NO5/c1-13-8(12)9-4-6(5-9)14-3-2-7(10)11/h6H,2-5H2,1H3,(H,10,11). The lowest BCUT2D eigenvalue weighted by molar-refractivity contribution is -0.139. The molecule has 1 saturated heterocycles. The summed E-state index contributed by atoms with van der Waals surface area (Å²) in [4.78, 5) is 22.5. The molecule has 1 aliphatic rings. The third-order valence-corrected chi connectivity index (χ3v) is 1.95. The van der Waals surface area contributed by atoms with Crippen LogP contribution in [0.25, 0.3) is 0 Å². The molecule has 0 aliphatic carbocycles. The van der Waals surface area contributed by atoms with Crippen molar-refractivity contribution in [3.8, 4) is 0 Å². The van der Waals surface area contributed by atoms with Gasteiger partial charge in [-0.2, -0.15) is 0 Å². The maximum absolute atomic E-state index is 10.9. The van der Waals surface area contributed by atoms with E-state index in [0.717, 1.165) is 0 Å². The van der Waals surface area contributed by atoms with Crippen molar-refractivity contribution in [1.29, 1.82) is 0 Å². The molecule has 0 radical (unpaired) electrons. The lowest BCUT2D eigenvalue weighted by Crippen LogP contribution is -2.54. The fourth-order valence-electron chi connectivity index (χ4n) is 1.13. The summed E-state index contributed by atoms with van der Waals surface area (Å²) in [5.74, 6) is -0.880. The summed E-state index contributed by atoms with van der Waals surface area (Å²) in [7, 11) is 1.32. The molecule has 14 heavy (non-hydrogen) atoms. The van der Waals surface area contributed by atoms with Crippen LogP contribution < -0.4 is 0 Å². The van der Waals surface area contributed by atoms with Gasteiger partial charge in [0.1, 0.15) is 0 Å². The Kier molecular flexibility index (Phi) is 3.70. The summed E-state index contributed by atoms with van der Waals surface area (Å²) < 4.78 is 9.67. The predicted octanol–water partition coefficient (Wildman–Crippen LogP) is -0.0717. The van der Waals surface area contributed by atoms with Crippen LogP contribution in [0.2, 0.25) is 0 Å². The zero-order valence-electron chi connectivity index (χ0n) is 7.93. The molecule has 0 unspecified atom stereocenters. The van der Waals surface area contributed by atoms with E-state index < -0.39 is 5.97 Å². The third-order valence-electron chi connectivity index (χ3n) is 1.95. The van der Waals surface area contributed by atoms with Crippen LogP contribution in [0.15, 0.2) is 0 Å². The van der Waals surface area contributed by atoms with Crippen molar-refractivity contribution in [3.05, 3.63) is 0 Å². The highest BCUT2D eigenvalue weighted by Crippen LogP contribution is 2.12. The van der Waals surface area contributed by atoms with Crippen LogP contribution in [0.5, 0.6) is 0 Å². The van der Waals surface area contributed by atoms with Crippen molar-refractivity contribution >= 4 is 12.1 Å². The zero-order chi connectivity index (χ0) is 10.6. The van der Waals surface area contributed by atoms with Crippen LogP contribution in [0.1, 0.15) is 6.42 Å². The molecule has 1 amide bonds. The minimum Gasteiger partial charge on any atom is -0.481 e. The molecular weight excluding hydrogens is 190 g/mol. The summed E-state index contributed by atoms with van der Waals surface area (Å²) in [6.45, 7) is 1.15. The summed E-state index contributed by atoms with van der Waals surface area (Å²) in [5.41, 5.74) is 0. The van der Waals surface area contributed by atoms with E-state index in [9.17, 15) is 9.59 Å². The number of carboxylic acids is 1. The summed E-state index contributed by atoms with van der Waals surface area (Å²) in [6, 6.07) is 0. The molecule has 1 rings (SSSR count). The van der Waals surface area contributed by atoms with E-state index in [4.69, 9.17) is 9.84 Å². The Morgan fingerprint density at radius 3 is 2.64 bits per heavy atom. The number of likely N-dealkylation sites (tertiary alicyclic amines) is 1. The van der Waals surface area contributed by atoms with Crippen molar-refractivity contribution in [1.82, 2.24) is 4.90 Å². The molecule has 1 heterocycles. The van der Waals surface area contributed by atoms with Crippen LogP contribution in [0, 0.1) is 0 Å². The molecule has 1 fully saturated rings. The molecule has 6 heteroatoms. The highest BCUT2D eigenvalue weighted by molar-refractivity contribution is 5.68. The van der Waals surface area contributed by atoms with Gasteiger partial charge in [-0.15, -0.1) is 0 Å². The Morgan fingerprint density at radius 2 is 2.14 bits per heavy atom. The molecule has 0 bridgehead atoms. The average molecular weight is 203 g/mol. The Labute approximate surface area is 81.4 Å². The molecule has 0 aromatic rings. The monoisotopic (exact) mass is 203 g/mol. The molecule has 0 saturated carbocycles. The number of amides is 1. The van der Waals surface area contributed by atoms with Crippen molar-refractivity contribution in [2.45, 2.75) is 12.5 Å². The minimum absolute atomic E-state index is 0.00523. The molecule has 80 valence electrons. The van der Waals surface area contributed by atoms with E-state index in [-0.39, 0.29) is 25.2 Å². The first-order valence-electron chi connectivity index (χ1n) is 4.29. The number of carbonyl (C=O) groups is 2. The number of methoxy groups -OCH3 is 1. The average Bonchev–Trinajstić information content (AvgIpc) is 2.07. The number of carbonyl (C=O) groups excluding carboxylic acids is 1. The van der Waals surface area contributed by atoms with Gasteiger partial charge in [0.15, 0.2) is 0 Å². The molecule has 0 aromatic heterocycles. The first-order chi connectivity index (χ1) is 6.63. The van der Waals surface area contributed by atoms with E-state index in [1.807, 2.05) is 0 Å². The van der Waals surface area contributed by atoms with Gasteiger partial charge in [-0.05, 0) is 0 Å². The fraction of sp³-hybridized carbons (Fsp3) is 0.750. The van der Waals surface area contributed by atoms with Crippen molar-refractivity contribution in [2.75, 3.05) is 26.8 Å². The van der Waals surface area contributed by atoms with Gasteiger partial charge >= 0.3 is 12.1 Å². The van der Waals surface area contributed by atoms with Gasteiger partial charge in [0, 0.05) is 0 Å². The molecule has 1 N–H and O–H groups in total. The lowest BCUT2D eigenvalue weighted by atomic mass is 10.2. The largest absolute Gasteiger partial charge is 0.481 e. The zero-order valence-corrected chi connectivity index (χ0v) is 7.93. The van der Waals surface area contributed by atoms with Gasteiger partial charge in [0.25, 0.3) is 0 Å². The van der Waals surface area contributed by atoms with Crippen LogP contribution >= 0.6 is 0 Å². The van der Waals surface area contributed by atoms with Gasteiger partial charge in [0.2, 0.25) is 0 Å². The van der Waals surface area contributed by atoms with Gasteiger partial charge < -0.3 is 19.5 Å². The number of nitrogens with zero attached hydrogens (tertiary/aromatic N) is 1. The molecular formula is C8H13NO5. The van der Waals surface area contributed by atoms with Crippen LogP contribution in [-0.2, 0) is 14.3 Å². The van der Waals surface area contributed by atoms with E-state index in [0.29, 0.717) is 13.1 Å². The highest BCUT2D eigenvalue weighted by atomic mass is 16.5. The minimum atomic E-state index is -0.880. The maximum Gasteiger partial charge on any atom is 0.409 e.